The summed E-state index contributed by atoms with van der Waals surface area (Å²) in [5, 5.41) is 0. The summed E-state index contributed by atoms with van der Waals surface area (Å²) < 4.78 is 52.4. The largest absolute Gasteiger partial charge is 0.470 e. The number of carbonyl (C=O) groups excluding carboxylic acids is 1. The van der Waals surface area contributed by atoms with Gasteiger partial charge in [0.05, 0.1) is 26.4 Å². The SMILES string of the molecule is CC(C)=CCOC(CC=C(C)C)(CC=C(C)C)[C@@](CC=C(C)C)(OCC=C(C)C)[C@@](CC=C(C)C)(OCC=C(C)C)[C@](CC=C(C)C)(OCC=C(C)C)[C@](CC=C(C)C)(OP(=O)(O)O)C(=O)CC=C(C)C. The molecule has 9 nitrogen and oxygen atoms in total. The van der Waals surface area contributed by atoms with Gasteiger partial charge in [-0.3, -0.25) is 9.32 Å². The number of phosphoric ester groups is 1. The number of ether oxygens (including phenoxy) is 4. The topological polar surface area (TPSA) is 121 Å². The molecule has 10 heteroatoms. The van der Waals surface area contributed by atoms with Crippen LogP contribution in [0.15, 0.2) is 128 Å². The first-order valence-corrected chi connectivity index (χ1v) is 27.1. The Kier molecular flexibility index (Phi) is 30.0. The Hall–Kier alpha value is -3.24. The molecule has 0 aliphatic carbocycles. The third kappa shape index (κ3) is 21.6. The fourth-order valence-electron chi connectivity index (χ4n) is 8.45. The van der Waals surface area contributed by atoms with Crippen LogP contribution in [0.1, 0.15) is 197 Å². The Morgan fingerprint density at radius 3 is 0.958 bits per heavy atom. The lowest BCUT2D eigenvalue weighted by Gasteiger charge is -2.67. The third-order valence-corrected chi connectivity index (χ3v) is 12.8. The Morgan fingerprint density at radius 1 is 0.352 bits per heavy atom. The number of hydrogen-bond donors (Lipinski definition) is 2. The second-order valence-electron chi connectivity index (χ2n) is 22.1. The molecule has 0 aromatic carbocycles. The van der Waals surface area contributed by atoms with Gasteiger partial charge in [0.25, 0.3) is 0 Å². The summed E-state index contributed by atoms with van der Waals surface area (Å²) in [6.45, 7) is 44.1. The van der Waals surface area contributed by atoms with Gasteiger partial charge >= 0.3 is 7.82 Å². The van der Waals surface area contributed by atoms with Gasteiger partial charge in [0.2, 0.25) is 0 Å². The minimum Gasteiger partial charge on any atom is -0.367 e. The van der Waals surface area contributed by atoms with E-state index >= 15 is 4.79 Å². The van der Waals surface area contributed by atoms with Gasteiger partial charge in [-0.2, -0.15) is 0 Å². The summed E-state index contributed by atoms with van der Waals surface area (Å²) in [6, 6.07) is 0. The molecular formula is C61H101O9P. The molecule has 0 unspecified atom stereocenters. The van der Waals surface area contributed by atoms with Gasteiger partial charge in [0.1, 0.15) is 22.4 Å². The Bertz CT molecular complexity index is 2070. The first-order chi connectivity index (χ1) is 32.7. The van der Waals surface area contributed by atoms with E-state index in [-0.39, 0.29) is 58.5 Å². The molecule has 0 amide bonds. The fourth-order valence-corrected chi connectivity index (χ4v) is 9.18. The number of Topliss-reactive ketones (excluding diaryl/α,β-unsaturated/α-hetero) is 1. The average Bonchev–Trinajstić information content (AvgIpc) is 3.22. The number of hydrogen-bond acceptors (Lipinski definition) is 7. The second-order valence-corrected chi connectivity index (χ2v) is 23.2. The van der Waals surface area contributed by atoms with Crippen molar-refractivity contribution in [2.24, 2.45) is 0 Å². The van der Waals surface area contributed by atoms with Gasteiger partial charge in [-0.1, -0.05) is 128 Å². The van der Waals surface area contributed by atoms with Crippen LogP contribution in [0.4, 0.5) is 0 Å². The van der Waals surface area contributed by atoms with Crippen LogP contribution in [0.25, 0.3) is 0 Å². The molecule has 2 N–H and O–H groups in total. The highest BCUT2D eigenvalue weighted by atomic mass is 31.2. The van der Waals surface area contributed by atoms with E-state index < -0.39 is 41.6 Å². The van der Waals surface area contributed by atoms with E-state index in [0.29, 0.717) is 12.8 Å². The molecule has 0 spiro atoms. The lowest BCUT2D eigenvalue weighted by molar-refractivity contribution is -0.357. The smallest absolute Gasteiger partial charge is 0.367 e. The molecule has 0 heterocycles. The second kappa shape index (κ2) is 31.5. The molecule has 0 aromatic heterocycles. The van der Waals surface area contributed by atoms with Gasteiger partial charge in [-0.05, 0) is 165 Å². The predicted molar refractivity (Wildman–Crippen MR) is 302 cm³/mol. The molecule has 0 radical (unpaired) electrons. The highest BCUT2D eigenvalue weighted by molar-refractivity contribution is 7.46. The van der Waals surface area contributed by atoms with Crippen LogP contribution in [-0.2, 0) is 32.8 Å². The molecule has 0 aromatic rings. The van der Waals surface area contributed by atoms with Crippen LogP contribution in [0, 0.1) is 0 Å². The van der Waals surface area contributed by atoms with Crippen LogP contribution in [0.5, 0.6) is 0 Å². The zero-order valence-electron chi connectivity index (χ0n) is 48.8. The number of rotatable bonds is 33. The summed E-state index contributed by atoms with van der Waals surface area (Å²) in [7, 11) is -5.62. The highest BCUT2D eigenvalue weighted by Crippen LogP contribution is 2.63. The fraction of sp³-hybridized carbons (Fsp3) is 0.623. The predicted octanol–water partition coefficient (Wildman–Crippen LogP) is 16.8. The molecule has 0 aliphatic heterocycles. The van der Waals surface area contributed by atoms with Crippen LogP contribution >= 0.6 is 7.82 Å². The van der Waals surface area contributed by atoms with Crippen molar-refractivity contribution in [3.63, 3.8) is 0 Å². The number of ketones is 1. The van der Waals surface area contributed by atoms with E-state index in [1.807, 2.05) is 155 Å². The van der Waals surface area contributed by atoms with Crippen molar-refractivity contribution >= 4 is 13.6 Å². The lowest BCUT2D eigenvalue weighted by atomic mass is 9.52. The van der Waals surface area contributed by atoms with Crippen LogP contribution in [0.2, 0.25) is 0 Å². The normalized spacial score (nSPS) is 14.8. The Balaban J connectivity index is 11.7. The van der Waals surface area contributed by atoms with E-state index in [2.05, 4.69) is 58.1 Å². The maximum Gasteiger partial charge on any atom is 0.470 e. The van der Waals surface area contributed by atoms with Gasteiger partial charge in [-0.25, -0.2) is 4.57 Å². The first-order valence-electron chi connectivity index (χ1n) is 25.5. The van der Waals surface area contributed by atoms with E-state index in [4.69, 9.17) is 23.5 Å². The minimum atomic E-state index is -5.62. The number of allylic oxidation sites excluding steroid dienone is 12. The summed E-state index contributed by atoms with van der Waals surface area (Å²) in [4.78, 5) is 39.6. The third-order valence-electron chi connectivity index (χ3n) is 12.3. The molecule has 4 atom stereocenters. The lowest BCUT2D eigenvalue weighted by Crippen LogP contribution is -2.84. The van der Waals surface area contributed by atoms with Crippen LogP contribution < -0.4 is 0 Å². The van der Waals surface area contributed by atoms with Gasteiger partial charge in [0.15, 0.2) is 11.4 Å². The molecule has 0 saturated carbocycles. The molecule has 0 fully saturated rings. The summed E-state index contributed by atoms with van der Waals surface area (Å²) in [5.74, 6) is -0.587. The van der Waals surface area contributed by atoms with Crippen molar-refractivity contribution < 1.29 is 42.6 Å². The standard InChI is InChI=1S/C61H101O9P/c1-45(2)23-24-56(62)58(37-27-48(7)8,70-71(63,64)65)60(39-29-50(11)12,68-43-33-54(19)20)61(40-30-51(13)14,69-44-34-55(21)22)59(38-28-49(9)10,67-42-32-53(17)18)57(35-25-46(3)4,36-26-47(5)6)66-41-31-52(15)16/h23,25-34H,24,35-44H2,1-22H3,(H2,63,64,65)/t58-,59-,60-,61-/m1/s1. The van der Waals surface area contributed by atoms with Gasteiger partial charge in [-0.15, -0.1) is 0 Å². The maximum atomic E-state index is 16.4. The Labute approximate surface area is 434 Å². The van der Waals surface area contributed by atoms with E-state index in [9.17, 15) is 14.4 Å². The van der Waals surface area contributed by atoms with E-state index in [0.717, 1.165) is 61.3 Å². The molecule has 0 bridgehead atoms. The molecule has 0 rings (SSSR count). The van der Waals surface area contributed by atoms with Gasteiger partial charge in [0, 0.05) is 32.1 Å². The van der Waals surface area contributed by atoms with Crippen molar-refractivity contribution in [3.8, 4) is 0 Å². The molecule has 71 heavy (non-hydrogen) atoms. The van der Waals surface area contributed by atoms with Crippen LogP contribution in [0.3, 0.4) is 0 Å². The molecule has 0 saturated heterocycles. The molecule has 404 valence electrons. The summed E-state index contributed by atoms with van der Waals surface area (Å²) >= 11 is 0. The van der Waals surface area contributed by atoms with E-state index in [1.54, 1.807) is 6.08 Å². The maximum absolute atomic E-state index is 16.4. The zero-order chi connectivity index (χ0) is 55.0. The van der Waals surface area contributed by atoms with E-state index in [1.165, 1.54) is 0 Å². The monoisotopic (exact) mass is 1010 g/mol. The first kappa shape index (κ1) is 67.8. The van der Waals surface area contributed by atoms with Crippen molar-refractivity contribution in [2.45, 2.75) is 225 Å². The summed E-state index contributed by atoms with van der Waals surface area (Å²) in [6.07, 6.45) is 22.3. The number of carbonyl (C=O) groups is 1. The molecule has 0 aliphatic rings. The molecular weight excluding hydrogens is 908 g/mol. The van der Waals surface area contributed by atoms with Crippen molar-refractivity contribution in [3.05, 3.63) is 128 Å². The van der Waals surface area contributed by atoms with Crippen molar-refractivity contribution in [1.29, 1.82) is 0 Å². The average molecular weight is 1010 g/mol. The quantitative estimate of drug-likeness (QED) is 0.0489. The number of phosphoric acid groups is 1. The minimum absolute atomic E-state index is 0.00374. The summed E-state index contributed by atoms with van der Waals surface area (Å²) in [5.41, 5.74) is 0.859. The van der Waals surface area contributed by atoms with Crippen LogP contribution in [-0.4, -0.2) is 70.0 Å². The van der Waals surface area contributed by atoms with Crippen molar-refractivity contribution in [1.82, 2.24) is 0 Å². The van der Waals surface area contributed by atoms with Crippen molar-refractivity contribution in [2.75, 3.05) is 26.4 Å². The van der Waals surface area contributed by atoms with Gasteiger partial charge < -0.3 is 28.7 Å². The Morgan fingerprint density at radius 2 is 0.620 bits per heavy atom. The highest BCUT2D eigenvalue weighted by Gasteiger charge is 2.79. The zero-order valence-corrected chi connectivity index (χ0v) is 49.7.